The summed E-state index contributed by atoms with van der Waals surface area (Å²) in [5.74, 6) is 0. The van der Waals surface area contributed by atoms with Gasteiger partial charge in [-0.05, 0) is 43.1 Å². The molecule has 1 saturated heterocycles. The van der Waals surface area contributed by atoms with Crippen LogP contribution in [-0.4, -0.2) is 6.54 Å². The van der Waals surface area contributed by atoms with Gasteiger partial charge in [-0.15, -0.1) is 0 Å². The number of nitrogen functional groups attached to an aromatic ring is 1. The van der Waals surface area contributed by atoms with E-state index in [-0.39, 0.29) is 6.04 Å². The summed E-state index contributed by atoms with van der Waals surface area (Å²) in [5, 5.41) is 3.15. The van der Waals surface area contributed by atoms with Crippen LogP contribution in [0.1, 0.15) is 30.0 Å². The van der Waals surface area contributed by atoms with Crippen LogP contribution in [0.4, 0.5) is 18.9 Å². The fourth-order valence-corrected chi connectivity index (χ4v) is 2.00. The molecule has 0 unspecified atom stereocenters. The maximum absolute atomic E-state index is 12.5. The second-order valence-corrected chi connectivity index (χ2v) is 3.99. The maximum atomic E-state index is 12.5. The van der Waals surface area contributed by atoms with Crippen LogP contribution in [0.15, 0.2) is 18.2 Å². The average Bonchev–Trinajstić information content (AvgIpc) is 2.69. The third kappa shape index (κ3) is 2.14. The topological polar surface area (TPSA) is 38.0 Å². The number of hydrogen-bond donors (Lipinski definition) is 2. The van der Waals surface area contributed by atoms with Crippen molar-refractivity contribution in [3.05, 3.63) is 29.3 Å². The van der Waals surface area contributed by atoms with Crippen LogP contribution in [0.5, 0.6) is 0 Å². The fraction of sp³-hybridized carbons (Fsp3) is 0.455. The molecule has 1 heterocycles. The summed E-state index contributed by atoms with van der Waals surface area (Å²) in [5.41, 5.74) is 6.06. The van der Waals surface area contributed by atoms with Gasteiger partial charge in [0.05, 0.1) is 5.56 Å². The van der Waals surface area contributed by atoms with Crippen molar-refractivity contribution in [2.24, 2.45) is 0 Å². The third-order valence-electron chi connectivity index (χ3n) is 2.85. The minimum atomic E-state index is -4.30. The van der Waals surface area contributed by atoms with Crippen LogP contribution in [0, 0.1) is 0 Å². The van der Waals surface area contributed by atoms with Gasteiger partial charge in [0.2, 0.25) is 0 Å². The lowest BCUT2D eigenvalue weighted by atomic mass is 10.0. The van der Waals surface area contributed by atoms with Crippen LogP contribution in [0.25, 0.3) is 0 Å². The summed E-state index contributed by atoms with van der Waals surface area (Å²) in [6.07, 6.45) is -2.49. The number of alkyl halides is 3. The van der Waals surface area contributed by atoms with Crippen molar-refractivity contribution in [1.82, 2.24) is 5.32 Å². The van der Waals surface area contributed by atoms with E-state index >= 15 is 0 Å². The molecule has 0 amide bonds. The summed E-state index contributed by atoms with van der Waals surface area (Å²) < 4.78 is 37.6. The lowest BCUT2D eigenvalue weighted by Crippen LogP contribution is -2.16. The summed E-state index contributed by atoms with van der Waals surface area (Å²) in [6, 6.07) is 3.46. The Morgan fingerprint density at radius 2 is 2.06 bits per heavy atom. The zero-order chi connectivity index (χ0) is 11.8. The number of hydrogen-bond acceptors (Lipinski definition) is 2. The molecule has 5 heteroatoms. The van der Waals surface area contributed by atoms with Crippen LogP contribution < -0.4 is 11.1 Å². The Bertz CT molecular complexity index is 381. The molecule has 0 aliphatic carbocycles. The maximum Gasteiger partial charge on any atom is 0.416 e. The zero-order valence-corrected chi connectivity index (χ0v) is 8.64. The molecule has 0 spiro atoms. The molecule has 0 radical (unpaired) electrons. The van der Waals surface area contributed by atoms with Crippen molar-refractivity contribution in [1.29, 1.82) is 0 Å². The van der Waals surface area contributed by atoms with E-state index in [4.69, 9.17) is 5.73 Å². The highest BCUT2D eigenvalue weighted by atomic mass is 19.4. The Balaban J connectivity index is 2.36. The largest absolute Gasteiger partial charge is 0.416 e. The molecule has 0 bridgehead atoms. The molecule has 0 aromatic heterocycles. The minimum absolute atomic E-state index is 0.0395. The van der Waals surface area contributed by atoms with Crippen LogP contribution in [0.3, 0.4) is 0 Å². The highest BCUT2D eigenvalue weighted by Gasteiger charge is 2.32. The van der Waals surface area contributed by atoms with Gasteiger partial charge in [-0.3, -0.25) is 0 Å². The first-order valence-electron chi connectivity index (χ1n) is 5.18. The van der Waals surface area contributed by atoms with E-state index in [1.54, 1.807) is 0 Å². The lowest BCUT2D eigenvalue weighted by molar-refractivity contribution is -0.137. The molecule has 16 heavy (non-hydrogen) atoms. The van der Waals surface area contributed by atoms with Gasteiger partial charge in [0.25, 0.3) is 0 Å². The quantitative estimate of drug-likeness (QED) is 0.728. The van der Waals surface area contributed by atoms with Gasteiger partial charge in [0, 0.05) is 11.7 Å². The molecule has 1 atom stereocenters. The van der Waals surface area contributed by atoms with Crippen molar-refractivity contribution < 1.29 is 13.2 Å². The van der Waals surface area contributed by atoms with E-state index in [2.05, 4.69) is 5.32 Å². The summed E-state index contributed by atoms with van der Waals surface area (Å²) in [4.78, 5) is 0. The fourth-order valence-electron chi connectivity index (χ4n) is 2.00. The highest BCUT2D eigenvalue weighted by Crippen LogP contribution is 2.34. The van der Waals surface area contributed by atoms with Crippen LogP contribution in [-0.2, 0) is 6.18 Å². The second kappa shape index (κ2) is 3.97. The molecule has 2 nitrogen and oxygen atoms in total. The predicted octanol–water partition coefficient (Wildman–Crippen LogP) is 2.71. The molecule has 3 N–H and O–H groups in total. The average molecular weight is 230 g/mol. The number of benzene rings is 1. The highest BCUT2D eigenvalue weighted by molar-refractivity contribution is 5.51. The second-order valence-electron chi connectivity index (χ2n) is 3.99. The molecule has 0 saturated carbocycles. The molecule has 88 valence electrons. The monoisotopic (exact) mass is 230 g/mol. The SMILES string of the molecule is Nc1ccc(C(F)(F)F)cc1[C@@H]1CCCN1. The van der Waals surface area contributed by atoms with Crippen LogP contribution in [0.2, 0.25) is 0 Å². The number of nitrogens with one attached hydrogen (secondary N) is 1. The molecule has 1 aromatic carbocycles. The standard InChI is InChI=1S/C11H13F3N2/c12-11(13,14)7-3-4-9(15)8(6-7)10-2-1-5-16-10/h3-4,6,10,16H,1-2,5,15H2/t10-/m0/s1. The Morgan fingerprint density at radius 3 is 2.62 bits per heavy atom. The number of nitrogens with two attached hydrogens (primary N) is 1. The first-order valence-corrected chi connectivity index (χ1v) is 5.18. The minimum Gasteiger partial charge on any atom is -0.398 e. The van der Waals surface area contributed by atoms with E-state index in [1.165, 1.54) is 6.07 Å². The zero-order valence-electron chi connectivity index (χ0n) is 8.64. The Morgan fingerprint density at radius 1 is 1.31 bits per heavy atom. The molecular formula is C11H13F3N2. The van der Waals surface area contributed by atoms with Crippen LogP contribution >= 0.6 is 0 Å². The van der Waals surface area contributed by atoms with Crippen molar-refractivity contribution in [2.75, 3.05) is 12.3 Å². The first kappa shape index (κ1) is 11.3. The van der Waals surface area contributed by atoms with Gasteiger partial charge in [-0.25, -0.2) is 0 Å². The van der Waals surface area contributed by atoms with E-state index in [0.29, 0.717) is 11.3 Å². The Hall–Kier alpha value is -1.23. The third-order valence-corrected chi connectivity index (χ3v) is 2.85. The van der Waals surface area contributed by atoms with E-state index in [1.807, 2.05) is 0 Å². The number of rotatable bonds is 1. The summed E-state index contributed by atoms with van der Waals surface area (Å²) in [6.45, 7) is 0.834. The van der Waals surface area contributed by atoms with Crippen molar-refractivity contribution >= 4 is 5.69 Å². The van der Waals surface area contributed by atoms with Gasteiger partial charge < -0.3 is 11.1 Å². The van der Waals surface area contributed by atoms with E-state index in [0.717, 1.165) is 31.5 Å². The van der Waals surface area contributed by atoms with Crippen molar-refractivity contribution in [3.8, 4) is 0 Å². The molecule has 2 rings (SSSR count). The molecule has 1 aromatic rings. The molecule has 1 aliphatic rings. The summed E-state index contributed by atoms with van der Waals surface area (Å²) in [7, 11) is 0. The number of halogens is 3. The van der Waals surface area contributed by atoms with E-state index in [9.17, 15) is 13.2 Å². The van der Waals surface area contributed by atoms with Gasteiger partial charge in [-0.1, -0.05) is 0 Å². The number of anilines is 1. The van der Waals surface area contributed by atoms with Crippen molar-refractivity contribution in [3.63, 3.8) is 0 Å². The normalized spacial score (nSPS) is 21.3. The Kier molecular flexibility index (Phi) is 2.80. The molecular weight excluding hydrogens is 217 g/mol. The smallest absolute Gasteiger partial charge is 0.398 e. The first-order chi connectivity index (χ1) is 7.48. The summed E-state index contributed by atoms with van der Waals surface area (Å²) >= 11 is 0. The van der Waals surface area contributed by atoms with Gasteiger partial charge in [0.1, 0.15) is 0 Å². The predicted molar refractivity (Wildman–Crippen MR) is 55.8 cm³/mol. The molecule has 1 aliphatic heterocycles. The lowest BCUT2D eigenvalue weighted by Gasteiger charge is -2.16. The van der Waals surface area contributed by atoms with E-state index < -0.39 is 11.7 Å². The van der Waals surface area contributed by atoms with Gasteiger partial charge in [0.15, 0.2) is 0 Å². The Labute approximate surface area is 91.6 Å². The molecule has 1 fully saturated rings. The van der Waals surface area contributed by atoms with Gasteiger partial charge >= 0.3 is 6.18 Å². The van der Waals surface area contributed by atoms with Crippen molar-refractivity contribution in [2.45, 2.75) is 25.1 Å². The van der Waals surface area contributed by atoms with Gasteiger partial charge in [-0.2, -0.15) is 13.2 Å².